The Balaban J connectivity index is 1.91. The maximum atomic E-state index is 13.0. The molecule has 6 nitrogen and oxygen atoms in total. The molecule has 3 rings (SSSR count). The first kappa shape index (κ1) is 21.5. The minimum Gasteiger partial charge on any atom is -0.383 e. The van der Waals surface area contributed by atoms with Gasteiger partial charge in [0.15, 0.2) is 5.16 Å². The van der Waals surface area contributed by atoms with Crippen molar-refractivity contribution in [2.75, 3.05) is 19.0 Å². The third kappa shape index (κ3) is 5.07. The molecule has 1 amide bonds. The number of hydrogen-bond acceptors (Lipinski definition) is 5. The minimum atomic E-state index is -0.441. The zero-order valence-electron chi connectivity index (χ0n) is 16.4. The molecule has 29 heavy (non-hydrogen) atoms. The summed E-state index contributed by atoms with van der Waals surface area (Å²) in [5, 5.41) is 3.52. The van der Waals surface area contributed by atoms with Gasteiger partial charge in [0.1, 0.15) is 0 Å². The van der Waals surface area contributed by atoms with Crippen molar-refractivity contribution in [3.63, 3.8) is 0 Å². The fourth-order valence-corrected chi connectivity index (χ4v) is 4.10. The van der Waals surface area contributed by atoms with Gasteiger partial charge in [-0.25, -0.2) is 4.98 Å². The molecule has 1 aromatic heterocycles. The van der Waals surface area contributed by atoms with Crippen LogP contribution in [0.5, 0.6) is 0 Å². The van der Waals surface area contributed by atoms with E-state index in [0.717, 1.165) is 15.7 Å². The predicted molar refractivity (Wildman–Crippen MR) is 121 cm³/mol. The van der Waals surface area contributed by atoms with Crippen LogP contribution in [0.25, 0.3) is 10.9 Å². The van der Waals surface area contributed by atoms with E-state index < -0.39 is 5.25 Å². The molecule has 0 aliphatic rings. The lowest BCUT2D eigenvalue weighted by atomic mass is 10.2. The second kappa shape index (κ2) is 9.56. The van der Waals surface area contributed by atoms with Crippen LogP contribution in [0, 0.1) is 6.92 Å². The van der Waals surface area contributed by atoms with Crippen molar-refractivity contribution in [3.05, 3.63) is 62.9 Å². The number of fused-ring (bicyclic) bond motifs is 1. The molecule has 0 fully saturated rings. The molecule has 0 saturated heterocycles. The lowest BCUT2D eigenvalue weighted by Gasteiger charge is -2.17. The fourth-order valence-electron chi connectivity index (χ4n) is 2.80. The molecule has 1 heterocycles. The van der Waals surface area contributed by atoms with Crippen LogP contribution < -0.4 is 10.9 Å². The number of nitrogens with zero attached hydrogens (tertiary/aromatic N) is 2. The minimum absolute atomic E-state index is 0.146. The third-order valence-corrected chi connectivity index (χ3v) is 6.04. The number of benzene rings is 2. The van der Waals surface area contributed by atoms with E-state index in [9.17, 15) is 9.59 Å². The van der Waals surface area contributed by atoms with Gasteiger partial charge in [0, 0.05) is 17.3 Å². The molecule has 0 spiro atoms. The highest BCUT2D eigenvalue weighted by molar-refractivity contribution is 9.10. The van der Waals surface area contributed by atoms with E-state index in [1.54, 1.807) is 30.7 Å². The van der Waals surface area contributed by atoms with Crippen molar-refractivity contribution in [2.24, 2.45) is 0 Å². The number of ether oxygens (including phenoxy) is 1. The van der Waals surface area contributed by atoms with Gasteiger partial charge in [-0.05, 0) is 43.7 Å². The van der Waals surface area contributed by atoms with Crippen molar-refractivity contribution in [1.29, 1.82) is 0 Å². The van der Waals surface area contributed by atoms with Gasteiger partial charge in [-0.2, -0.15) is 0 Å². The van der Waals surface area contributed by atoms with Crippen LogP contribution >= 0.6 is 27.7 Å². The topological polar surface area (TPSA) is 73.2 Å². The van der Waals surface area contributed by atoms with Crippen LogP contribution in [0.3, 0.4) is 0 Å². The van der Waals surface area contributed by atoms with Crippen molar-refractivity contribution < 1.29 is 9.53 Å². The molecule has 0 bridgehead atoms. The molecule has 2 aromatic carbocycles. The number of halogens is 1. The zero-order valence-corrected chi connectivity index (χ0v) is 18.8. The number of aryl methyl sites for hydroxylation is 1. The molecular weight excluding hydrogens is 454 g/mol. The highest BCUT2D eigenvalue weighted by Crippen LogP contribution is 2.25. The number of thioether (sulfide) groups is 1. The van der Waals surface area contributed by atoms with E-state index in [1.807, 2.05) is 37.3 Å². The molecule has 3 aromatic rings. The van der Waals surface area contributed by atoms with E-state index in [1.165, 1.54) is 11.8 Å². The van der Waals surface area contributed by atoms with Gasteiger partial charge < -0.3 is 10.1 Å². The average Bonchev–Trinajstić information content (AvgIpc) is 2.70. The van der Waals surface area contributed by atoms with Crippen LogP contribution in [0.4, 0.5) is 5.69 Å². The predicted octanol–water partition coefficient (Wildman–Crippen LogP) is 4.23. The Hall–Kier alpha value is -2.16. The molecule has 1 unspecified atom stereocenters. The number of rotatable bonds is 7. The second-order valence-corrected chi connectivity index (χ2v) is 8.79. The third-order valence-electron chi connectivity index (χ3n) is 4.45. The standard InChI is InChI=1S/C21H22BrN3O3S/c1-13-6-4-5-7-17(13)23-19(26)14(2)29-21-24-18-9-8-15(22)12-16(18)20(27)25(21)10-11-28-3/h4-9,12,14H,10-11H2,1-3H3,(H,23,26). The number of hydrogen-bond donors (Lipinski definition) is 1. The number of methoxy groups -OCH3 is 1. The van der Waals surface area contributed by atoms with Crippen molar-refractivity contribution in [2.45, 2.75) is 30.8 Å². The fraction of sp³-hybridized carbons (Fsp3) is 0.286. The molecule has 0 saturated carbocycles. The molecule has 0 radical (unpaired) electrons. The molecular formula is C21H22BrN3O3S. The average molecular weight is 476 g/mol. The SMILES string of the molecule is COCCn1c(SC(C)C(=O)Nc2ccccc2C)nc2ccc(Br)cc2c1=O. The smallest absolute Gasteiger partial charge is 0.262 e. The number of para-hydroxylation sites is 1. The Kier molecular flexibility index (Phi) is 7.10. The van der Waals surface area contributed by atoms with Crippen LogP contribution in [0.15, 0.2) is 56.9 Å². The first-order valence-corrected chi connectivity index (χ1v) is 10.8. The summed E-state index contributed by atoms with van der Waals surface area (Å²) in [6, 6.07) is 13.0. The number of carbonyl (C=O) groups excluding carboxylic acids is 1. The molecule has 152 valence electrons. The Labute approximate surface area is 181 Å². The van der Waals surface area contributed by atoms with Gasteiger partial charge in [-0.15, -0.1) is 0 Å². The van der Waals surface area contributed by atoms with Crippen molar-refractivity contribution in [3.8, 4) is 0 Å². The van der Waals surface area contributed by atoms with E-state index >= 15 is 0 Å². The van der Waals surface area contributed by atoms with Crippen LogP contribution in [-0.4, -0.2) is 34.4 Å². The number of nitrogens with one attached hydrogen (secondary N) is 1. The second-order valence-electron chi connectivity index (χ2n) is 6.57. The number of anilines is 1. The largest absolute Gasteiger partial charge is 0.383 e. The zero-order chi connectivity index (χ0) is 21.0. The summed E-state index contributed by atoms with van der Waals surface area (Å²) >= 11 is 4.66. The normalized spacial score (nSPS) is 12.1. The van der Waals surface area contributed by atoms with Gasteiger partial charge in [0.25, 0.3) is 5.56 Å². The first-order chi connectivity index (χ1) is 13.9. The maximum absolute atomic E-state index is 13.0. The molecule has 0 aliphatic heterocycles. The summed E-state index contributed by atoms with van der Waals surface area (Å²) in [5.41, 5.74) is 2.21. The number of amides is 1. The monoisotopic (exact) mass is 475 g/mol. The summed E-state index contributed by atoms with van der Waals surface area (Å²) in [6.45, 7) is 4.48. The van der Waals surface area contributed by atoms with E-state index in [2.05, 4.69) is 26.2 Å². The highest BCUT2D eigenvalue weighted by atomic mass is 79.9. The lowest BCUT2D eigenvalue weighted by molar-refractivity contribution is -0.115. The summed E-state index contributed by atoms with van der Waals surface area (Å²) < 4.78 is 7.53. The number of carbonyl (C=O) groups is 1. The van der Waals surface area contributed by atoms with Gasteiger partial charge in [0.05, 0.1) is 29.3 Å². The van der Waals surface area contributed by atoms with Gasteiger partial charge in [0.2, 0.25) is 5.91 Å². The maximum Gasteiger partial charge on any atom is 0.262 e. The van der Waals surface area contributed by atoms with Gasteiger partial charge in [-0.3, -0.25) is 14.2 Å². The van der Waals surface area contributed by atoms with Crippen molar-refractivity contribution in [1.82, 2.24) is 9.55 Å². The van der Waals surface area contributed by atoms with Crippen molar-refractivity contribution >= 4 is 50.2 Å². The Bertz CT molecular complexity index is 1100. The van der Waals surface area contributed by atoms with Crippen LogP contribution in [0.2, 0.25) is 0 Å². The lowest BCUT2D eigenvalue weighted by Crippen LogP contribution is -2.28. The van der Waals surface area contributed by atoms with E-state index in [-0.39, 0.29) is 11.5 Å². The molecule has 0 aliphatic carbocycles. The van der Waals surface area contributed by atoms with Crippen LogP contribution in [-0.2, 0) is 16.1 Å². The van der Waals surface area contributed by atoms with Gasteiger partial charge >= 0.3 is 0 Å². The highest BCUT2D eigenvalue weighted by Gasteiger charge is 2.20. The van der Waals surface area contributed by atoms with Crippen LogP contribution in [0.1, 0.15) is 12.5 Å². The number of aromatic nitrogens is 2. The Morgan fingerprint density at radius 2 is 2.07 bits per heavy atom. The molecule has 1 atom stereocenters. The van der Waals surface area contributed by atoms with Gasteiger partial charge in [-0.1, -0.05) is 45.9 Å². The summed E-state index contributed by atoms with van der Waals surface area (Å²) in [7, 11) is 1.58. The quantitative estimate of drug-likeness (QED) is 0.408. The van der Waals surface area contributed by atoms with E-state index in [0.29, 0.717) is 29.2 Å². The van der Waals surface area contributed by atoms with E-state index in [4.69, 9.17) is 4.74 Å². The molecule has 1 N–H and O–H groups in total. The summed E-state index contributed by atoms with van der Waals surface area (Å²) in [6.07, 6.45) is 0. The molecule has 8 heteroatoms. The first-order valence-electron chi connectivity index (χ1n) is 9.13. The Morgan fingerprint density at radius 3 is 2.79 bits per heavy atom. The summed E-state index contributed by atoms with van der Waals surface area (Å²) in [4.78, 5) is 30.4. The Morgan fingerprint density at radius 1 is 1.31 bits per heavy atom. The summed E-state index contributed by atoms with van der Waals surface area (Å²) in [5.74, 6) is -0.146.